The second kappa shape index (κ2) is 7.62. The molecule has 0 aliphatic carbocycles. The smallest absolute Gasteiger partial charge is 0.327 e. The van der Waals surface area contributed by atoms with Crippen LogP contribution in [0.25, 0.3) is 0 Å². The third kappa shape index (κ3) is 4.23. The van der Waals surface area contributed by atoms with Crippen LogP contribution in [0.15, 0.2) is 30.3 Å². The van der Waals surface area contributed by atoms with E-state index in [1.54, 1.807) is 0 Å². The molecule has 1 aliphatic heterocycles. The van der Waals surface area contributed by atoms with Gasteiger partial charge in [0.15, 0.2) is 0 Å². The third-order valence-corrected chi connectivity index (χ3v) is 6.07. The topological polar surface area (TPSA) is 57.6 Å². The first-order valence-electron chi connectivity index (χ1n) is 7.69. The van der Waals surface area contributed by atoms with Gasteiger partial charge in [0.2, 0.25) is 5.91 Å². The van der Waals surface area contributed by atoms with Crippen LogP contribution in [0.2, 0.25) is 0 Å². The number of aliphatic carboxylic acids is 1. The van der Waals surface area contributed by atoms with Gasteiger partial charge in [-0.15, -0.1) is 11.8 Å². The van der Waals surface area contributed by atoms with Crippen molar-refractivity contribution in [2.45, 2.75) is 37.5 Å². The van der Waals surface area contributed by atoms with Gasteiger partial charge in [0.05, 0.1) is 5.88 Å². The molecule has 1 heterocycles. The molecule has 4 nitrogen and oxygen atoms in total. The predicted octanol–water partition coefficient (Wildman–Crippen LogP) is 2.93. The third-order valence-electron chi connectivity index (χ3n) is 4.26. The average Bonchev–Trinajstić information content (AvgIpc) is 2.84. The first-order valence-corrected chi connectivity index (χ1v) is 9.30. The molecule has 1 saturated heterocycles. The van der Waals surface area contributed by atoms with Crippen molar-refractivity contribution in [2.24, 2.45) is 5.92 Å². The number of thioether (sulfide) groups is 1. The molecule has 6 heteroatoms. The van der Waals surface area contributed by atoms with Crippen molar-refractivity contribution in [3.8, 4) is 0 Å². The number of amides is 1. The van der Waals surface area contributed by atoms with Gasteiger partial charge in [-0.25, -0.2) is 4.79 Å². The van der Waals surface area contributed by atoms with Crippen LogP contribution in [0.3, 0.4) is 0 Å². The number of nitrogens with zero attached hydrogens (tertiary/aromatic N) is 1. The lowest BCUT2D eigenvalue weighted by molar-refractivity contribution is -0.151. The summed E-state index contributed by atoms with van der Waals surface area (Å²) in [5.41, 5.74) is 1.18. The molecule has 0 spiro atoms. The molecule has 23 heavy (non-hydrogen) atoms. The molecular weight excluding hydrogens is 330 g/mol. The van der Waals surface area contributed by atoms with E-state index in [2.05, 4.69) is 12.6 Å². The molecule has 1 amide bonds. The molecule has 1 N–H and O–H groups in total. The van der Waals surface area contributed by atoms with Crippen molar-refractivity contribution in [3.05, 3.63) is 35.9 Å². The Kier molecular flexibility index (Phi) is 6.03. The van der Waals surface area contributed by atoms with Gasteiger partial charge in [-0.1, -0.05) is 30.3 Å². The van der Waals surface area contributed by atoms with Gasteiger partial charge in [-0.3, -0.25) is 4.79 Å². The highest BCUT2D eigenvalue weighted by atomic mass is 32.2. The van der Waals surface area contributed by atoms with Crippen LogP contribution in [0, 0.1) is 5.92 Å². The van der Waals surface area contributed by atoms with Gasteiger partial charge in [0, 0.05) is 16.4 Å². The molecule has 1 fully saturated rings. The number of rotatable bonds is 6. The van der Waals surface area contributed by atoms with Gasteiger partial charge < -0.3 is 10.0 Å². The number of carboxylic acids is 1. The second-order valence-corrected chi connectivity index (χ2v) is 8.29. The van der Waals surface area contributed by atoms with Crippen molar-refractivity contribution in [3.63, 3.8) is 0 Å². The highest BCUT2D eigenvalue weighted by molar-refractivity contribution is 8.00. The monoisotopic (exact) mass is 353 g/mol. The Morgan fingerprint density at radius 3 is 2.61 bits per heavy atom. The Morgan fingerprint density at radius 2 is 2.04 bits per heavy atom. The lowest BCUT2D eigenvalue weighted by atomic mass is 9.97. The number of carbonyl (C=O) groups is 2. The summed E-state index contributed by atoms with van der Waals surface area (Å²) in [5, 5.41) is 9.50. The zero-order valence-electron chi connectivity index (χ0n) is 13.4. The van der Waals surface area contributed by atoms with Gasteiger partial charge in [0.25, 0.3) is 0 Å². The molecule has 2 atom stereocenters. The summed E-state index contributed by atoms with van der Waals surface area (Å²) < 4.78 is -0.470. The van der Waals surface area contributed by atoms with E-state index in [1.807, 2.05) is 44.2 Å². The molecule has 1 aliphatic rings. The average molecular weight is 354 g/mol. The highest BCUT2D eigenvalue weighted by Crippen LogP contribution is 2.40. The van der Waals surface area contributed by atoms with Crippen LogP contribution in [0.4, 0.5) is 0 Å². The maximum absolute atomic E-state index is 12.8. The number of benzene rings is 1. The van der Waals surface area contributed by atoms with Crippen LogP contribution >= 0.6 is 24.4 Å². The van der Waals surface area contributed by atoms with Gasteiger partial charge in [-0.2, -0.15) is 12.6 Å². The van der Waals surface area contributed by atoms with E-state index in [9.17, 15) is 14.7 Å². The van der Waals surface area contributed by atoms with E-state index in [4.69, 9.17) is 0 Å². The van der Waals surface area contributed by atoms with E-state index >= 15 is 0 Å². The Balaban J connectivity index is 2.06. The highest BCUT2D eigenvalue weighted by Gasteiger charge is 2.48. The van der Waals surface area contributed by atoms with Crippen LogP contribution in [-0.2, 0) is 16.0 Å². The van der Waals surface area contributed by atoms with Crippen LogP contribution in [0.5, 0.6) is 0 Å². The lowest BCUT2D eigenvalue weighted by Crippen LogP contribution is -2.50. The molecule has 0 bridgehead atoms. The fraction of sp³-hybridized carbons (Fsp3) is 0.529. The summed E-state index contributed by atoms with van der Waals surface area (Å²) in [6.45, 7) is 3.76. The number of thiol groups is 1. The number of hydrogen-bond donors (Lipinski definition) is 2. The van der Waals surface area contributed by atoms with Crippen LogP contribution < -0.4 is 0 Å². The Hall–Kier alpha value is -1.14. The first kappa shape index (κ1) is 18.2. The summed E-state index contributed by atoms with van der Waals surface area (Å²) >= 11 is 5.83. The molecule has 0 radical (unpaired) electrons. The molecule has 1 aromatic carbocycles. The molecule has 0 saturated carbocycles. The van der Waals surface area contributed by atoms with E-state index < -0.39 is 16.8 Å². The van der Waals surface area contributed by atoms with Crippen LogP contribution in [-0.4, -0.2) is 44.3 Å². The van der Waals surface area contributed by atoms with Crippen molar-refractivity contribution >= 4 is 36.3 Å². The quantitative estimate of drug-likeness (QED) is 0.772. The Bertz CT molecular complexity index is 562. The zero-order valence-corrected chi connectivity index (χ0v) is 15.1. The fourth-order valence-corrected chi connectivity index (χ4v) is 4.37. The Morgan fingerprint density at radius 1 is 1.39 bits per heavy atom. The lowest BCUT2D eigenvalue weighted by Gasteiger charge is -2.30. The van der Waals surface area contributed by atoms with Crippen molar-refractivity contribution in [2.75, 3.05) is 11.6 Å². The van der Waals surface area contributed by atoms with E-state index in [-0.39, 0.29) is 11.8 Å². The van der Waals surface area contributed by atoms with E-state index in [0.29, 0.717) is 18.1 Å². The molecule has 1 aromatic rings. The van der Waals surface area contributed by atoms with Crippen molar-refractivity contribution < 1.29 is 14.7 Å². The summed E-state index contributed by atoms with van der Waals surface area (Å²) in [7, 11) is 0. The largest absolute Gasteiger partial charge is 0.480 e. The summed E-state index contributed by atoms with van der Waals surface area (Å²) in [6, 6.07) is 9.22. The number of aryl methyl sites for hydroxylation is 1. The maximum atomic E-state index is 12.8. The minimum Gasteiger partial charge on any atom is -0.480 e. The van der Waals surface area contributed by atoms with E-state index in [0.717, 1.165) is 6.42 Å². The number of hydrogen-bond acceptors (Lipinski definition) is 4. The number of carboxylic acid groups (broad SMARTS) is 1. The summed E-state index contributed by atoms with van der Waals surface area (Å²) in [6.07, 6.45) is 1.47. The van der Waals surface area contributed by atoms with Crippen molar-refractivity contribution in [1.29, 1.82) is 0 Å². The summed E-state index contributed by atoms with van der Waals surface area (Å²) in [5.74, 6) is -0.427. The molecule has 2 rings (SSSR count). The standard InChI is InChI=1S/C17H23NO3S2/c1-17(2)14(16(20)21)18(11-23-17)15(19)13(10-22)9-8-12-6-4-3-5-7-12/h3-7,13-14,22H,8-11H2,1-2H3,(H,20,21)/t13?,14-/m0/s1. The molecule has 1 unspecified atom stereocenters. The van der Waals surface area contributed by atoms with Crippen LogP contribution in [0.1, 0.15) is 25.8 Å². The number of carbonyl (C=O) groups excluding carboxylic acids is 1. The Labute approximate surface area is 147 Å². The maximum Gasteiger partial charge on any atom is 0.327 e. The van der Waals surface area contributed by atoms with Crippen molar-refractivity contribution in [1.82, 2.24) is 4.90 Å². The van der Waals surface area contributed by atoms with Gasteiger partial charge in [0.1, 0.15) is 6.04 Å². The minimum atomic E-state index is -0.936. The SMILES string of the molecule is CC1(C)SCN(C(=O)C(CS)CCc2ccccc2)[C@H]1C(=O)O. The minimum absolute atomic E-state index is 0.0959. The first-order chi connectivity index (χ1) is 10.9. The van der Waals surface area contributed by atoms with Gasteiger partial charge >= 0.3 is 5.97 Å². The molecule has 0 aromatic heterocycles. The van der Waals surface area contributed by atoms with E-state index in [1.165, 1.54) is 22.2 Å². The summed E-state index contributed by atoms with van der Waals surface area (Å²) in [4.78, 5) is 25.9. The fourth-order valence-electron chi connectivity index (χ4n) is 2.90. The second-order valence-electron chi connectivity index (χ2n) is 6.33. The normalized spacial score (nSPS) is 21.2. The molecular formula is C17H23NO3S2. The zero-order chi connectivity index (χ0) is 17.0. The molecule has 126 valence electrons. The predicted molar refractivity (Wildman–Crippen MR) is 96.9 cm³/mol. The van der Waals surface area contributed by atoms with Gasteiger partial charge in [-0.05, 0) is 32.3 Å².